The van der Waals surface area contributed by atoms with Gasteiger partial charge in [0.1, 0.15) is 0 Å². The molecule has 0 bridgehead atoms. The molecule has 0 saturated heterocycles. The zero-order chi connectivity index (χ0) is 20.2. The lowest BCUT2D eigenvalue weighted by atomic mass is 10.5. The molecular weight excluding hydrogens is 316 g/mol. The molecule has 0 rings (SSSR count). The van der Waals surface area contributed by atoms with Crippen LogP contribution in [0.1, 0.15) is 54.4 Å². The van der Waals surface area contributed by atoms with E-state index in [0.717, 1.165) is 0 Å². The average Bonchev–Trinajstić information content (AvgIpc) is 2.57. The normalized spacial score (nSPS) is 7.58. The Morgan fingerprint density at radius 1 is 0.708 bits per heavy atom. The second kappa shape index (κ2) is 43.1. The van der Waals surface area contributed by atoms with Crippen LogP contribution in [0.15, 0.2) is 0 Å². The standard InChI is InChI=1S/2C5H10O2.C2H8N2.2C2H6O/c2*1-3-5(6)7-4-2;3-1-2-4;2*1-2-3/h2*3-4H2,1-2H3;1-4H2;2*3H,2H2,1H3. The van der Waals surface area contributed by atoms with E-state index in [2.05, 4.69) is 9.47 Å². The highest BCUT2D eigenvalue weighted by Crippen LogP contribution is 1.81. The summed E-state index contributed by atoms with van der Waals surface area (Å²) in [6.45, 7) is 13.2. The number of carbonyl (C=O) groups excluding carboxylic acids is 2. The summed E-state index contributed by atoms with van der Waals surface area (Å²) in [6, 6.07) is 0. The lowest BCUT2D eigenvalue weighted by Gasteiger charge is -1.93. The van der Waals surface area contributed by atoms with Gasteiger partial charge in [-0.05, 0) is 27.7 Å². The Morgan fingerprint density at radius 2 is 0.917 bits per heavy atom. The average molecular weight is 357 g/mol. The van der Waals surface area contributed by atoms with Crippen molar-refractivity contribution < 1.29 is 29.3 Å². The molecule has 6 N–H and O–H groups in total. The summed E-state index contributed by atoms with van der Waals surface area (Å²) in [6.07, 6.45) is 0.960. The SMILES string of the molecule is CCO.CCO.CCOC(=O)CC.CCOC(=O)CC.NCCN. The van der Waals surface area contributed by atoms with E-state index < -0.39 is 0 Å². The number of nitrogens with two attached hydrogens (primary N) is 2. The Kier molecular flexibility index (Phi) is 61.3. The van der Waals surface area contributed by atoms with Gasteiger partial charge < -0.3 is 31.2 Å². The minimum atomic E-state index is -0.123. The van der Waals surface area contributed by atoms with Crippen LogP contribution in [0.2, 0.25) is 0 Å². The summed E-state index contributed by atoms with van der Waals surface area (Å²) >= 11 is 0. The molecule has 8 nitrogen and oxygen atoms in total. The molecule has 0 aromatic carbocycles. The molecule has 0 aliphatic carbocycles. The fourth-order valence-electron chi connectivity index (χ4n) is 0.526. The van der Waals surface area contributed by atoms with Crippen LogP contribution in [0.25, 0.3) is 0 Å². The number of hydrogen-bond donors (Lipinski definition) is 4. The maximum absolute atomic E-state index is 10.2. The van der Waals surface area contributed by atoms with Crippen LogP contribution in [0.5, 0.6) is 0 Å². The highest BCUT2D eigenvalue weighted by Gasteiger charge is 1.91. The number of hydrogen-bond acceptors (Lipinski definition) is 8. The molecule has 0 spiro atoms. The molecule has 0 heterocycles. The molecule has 0 amide bonds. The van der Waals surface area contributed by atoms with Gasteiger partial charge >= 0.3 is 11.9 Å². The minimum Gasteiger partial charge on any atom is -0.466 e. The lowest BCUT2D eigenvalue weighted by molar-refractivity contribution is -0.143. The molecule has 0 radical (unpaired) electrons. The van der Waals surface area contributed by atoms with E-state index in [1.165, 1.54) is 0 Å². The summed E-state index contributed by atoms with van der Waals surface area (Å²) < 4.78 is 9.10. The fraction of sp³-hybridized carbons (Fsp3) is 0.875. The number of aliphatic hydroxyl groups is 2. The third kappa shape index (κ3) is 85.0. The van der Waals surface area contributed by atoms with Crippen molar-refractivity contribution >= 4 is 11.9 Å². The summed E-state index contributed by atoms with van der Waals surface area (Å²) in [7, 11) is 0. The Balaban J connectivity index is -0.0000000663. The maximum Gasteiger partial charge on any atom is 0.305 e. The predicted molar refractivity (Wildman–Crippen MR) is 97.5 cm³/mol. The van der Waals surface area contributed by atoms with Crippen LogP contribution in [0.3, 0.4) is 0 Å². The van der Waals surface area contributed by atoms with Crippen LogP contribution in [0, 0.1) is 0 Å². The number of carbonyl (C=O) groups is 2. The van der Waals surface area contributed by atoms with Crippen LogP contribution >= 0.6 is 0 Å². The molecule has 0 unspecified atom stereocenters. The Bertz CT molecular complexity index is 195. The van der Waals surface area contributed by atoms with Gasteiger partial charge in [0.05, 0.1) is 13.2 Å². The number of esters is 2. The highest BCUT2D eigenvalue weighted by atomic mass is 16.5. The largest absolute Gasteiger partial charge is 0.466 e. The second-order valence-electron chi connectivity index (χ2n) is 3.53. The zero-order valence-electron chi connectivity index (χ0n) is 16.3. The van der Waals surface area contributed by atoms with Crippen molar-refractivity contribution in [1.82, 2.24) is 0 Å². The van der Waals surface area contributed by atoms with E-state index in [4.69, 9.17) is 21.7 Å². The minimum absolute atomic E-state index is 0.123. The number of ether oxygens (including phenoxy) is 2. The fourth-order valence-corrected chi connectivity index (χ4v) is 0.526. The topological polar surface area (TPSA) is 145 Å². The summed E-state index contributed by atoms with van der Waals surface area (Å²) in [5, 5.41) is 15.1. The number of rotatable bonds is 5. The van der Waals surface area contributed by atoms with Crippen molar-refractivity contribution in [2.75, 3.05) is 39.5 Å². The molecule has 0 aromatic heterocycles. The zero-order valence-corrected chi connectivity index (χ0v) is 16.3. The summed E-state index contributed by atoms with van der Waals surface area (Å²) in [5.41, 5.74) is 9.81. The third-order valence-corrected chi connectivity index (χ3v) is 1.35. The van der Waals surface area contributed by atoms with E-state index in [1.54, 1.807) is 41.5 Å². The summed E-state index contributed by atoms with van der Waals surface area (Å²) in [4.78, 5) is 20.4. The van der Waals surface area contributed by atoms with Gasteiger partial charge in [0, 0.05) is 39.1 Å². The Hall–Kier alpha value is -1.22. The first kappa shape index (κ1) is 34.2. The second-order valence-corrected chi connectivity index (χ2v) is 3.53. The van der Waals surface area contributed by atoms with Gasteiger partial charge in [-0.3, -0.25) is 9.59 Å². The van der Waals surface area contributed by atoms with E-state index in [9.17, 15) is 9.59 Å². The molecule has 0 atom stereocenters. The molecule has 0 aromatic rings. The van der Waals surface area contributed by atoms with Gasteiger partial charge in [-0.2, -0.15) is 0 Å². The van der Waals surface area contributed by atoms with Gasteiger partial charge in [-0.25, -0.2) is 0 Å². The molecule has 8 heteroatoms. The van der Waals surface area contributed by atoms with Crippen molar-refractivity contribution in [2.24, 2.45) is 11.5 Å². The molecule has 0 aliphatic heterocycles. The highest BCUT2D eigenvalue weighted by molar-refractivity contribution is 5.69. The quantitative estimate of drug-likeness (QED) is 0.530. The van der Waals surface area contributed by atoms with Gasteiger partial charge in [0.2, 0.25) is 0 Å². The smallest absolute Gasteiger partial charge is 0.305 e. The van der Waals surface area contributed by atoms with Crippen LogP contribution in [0.4, 0.5) is 0 Å². The van der Waals surface area contributed by atoms with Crippen molar-refractivity contribution in [3.63, 3.8) is 0 Å². The van der Waals surface area contributed by atoms with Gasteiger partial charge in [-0.1, -0.05) is 13.8 Å². The molecule has 150 valence electrons. The molecular formula is C16H40N2O6. The predicted octanol–water partition coefficient (Wildman–Crippen LogP) is 0.820. The van der Waals surface area contributed by atoms with Gasteiger partial charge in [-0.15, -0.1) is 0 Å². The van der Waals surface area contributed by atoms with E-state index >= 15 is 0 Å². The van der Waals surface area contributed by atoms with Crippen molar-refractivity contribution in [1.29, 1.82) is 0 Å². The van der Waals surface area contributed by atoms with E-state index in [1.807, 2.05) is 0 Å². The molecule has 24 heavy (non-hydrogen) atoms. The van der Waals surface area contributed by atoms with Crippen LogP contribution in [-0.4, -0.2) is 61.7 Å². The number of aliphatic hydroxyl groups excluding tert-OH is 2. The summed E-state index contributed by atoms with van der Waals surface area (Å²) in [5.74, 6) is -0.245. The lowest BCUT2D eigenvalue weighted by Crippen LogP contribution is -2.11. The Morgan fingerprint density at radius 3 is 0.958 bits per heavy atom. The van der Waals surface area contributed by atoms with Crippen molar-refractivity contribution in [3.05, 3.63) is 0 Å². The van der Waals surface area contributed by atoms with E-state index in [0.29, 0.717) is 39.1 Å². The van der Waals surface area contributed by atoms with Gasteiger partial charge in [0.25, 0.3) is 0 Å². The van der Waals surface area contributed by atoms with Crippen molar-refractivity contribution in [3.8, 4) is 0 Å². The van der Waals surface area contributed by atoms with Crippen LogP contribution in [-0.2, 0) is 19.1 Å². The van der Waals surface area contributed by atoms with Gasteiger partial charge in [0.15, 0.2) is 0 Å². The molecule has 0 fully saturated rings. The maximum atomic E-state index is 10.2. The van der Waals surface area contributed by atoms with Crippen molar-refractivity contribution in [2.45, 2.75) is 54.4 Å². The first-order valence-electron chi connectivity index (χ1n) is 8.29. The first-order valence-corrected chi connectivity index (χ1v) is 8.29. The molecule has 0 saturated carbocycles. The third-order valence-electron chi connectivity index (χ3n) is 1.35. The Labute approximate surface area is 147 Å². The monoisotopic (exact) mass is 356 g/mol. The molecule has 0 aliphatic rings. The first-order chi connectivity index (χ1) is 11.4. The van der Waals surface area contributed by atoms with Crippen LogP contribution < -0.4 is 11.5 Å². The van der Waals surface area contributed by atoms with E-state index in [-0.39, 0.29) is 25.2 Å².